The molecule has 0 heterocycles. The number of ether oxygens (including phenoxy) is 1. The van der Waals surface area contributed by atoms with Gasteiger partial charge in [-0.3, -0.25) is 15.5 Å². The first-order chi connectivity index (χ1) is 13.8. The zero-order chi connectivity index (χ0) is 19.6. The van der Waals surface area contributed by atoms with E-state index in [4.69, 9.17) is 4.74 Å². The molecule has 0 spiro atoms. The number of benzene rings is 3. The molecule has 142 valence electrons. The Kier molecular flexibility index (Phi) is 6.93. The summed E-state index contributed by atoms with van der Waals surface area (Å²) < 4.78 is 5.78. The average molecular weight is 374 g/mol. The Labute approximate surface area is 164 Å². The number of amidine groups is 1. The minimum atomic E-state index is 0.208. The Balaban J connectivity index is 1.60. The van der Waals surface area contributed by atoms with Gasteiger partial charge >= 0.3 is 0 Å². The van der Waals surface area contributed by atoms with E-state index in [9.17, 15) is 10.0 Å². The second-order valence-corrected chi connectivity index (χ2v) is 6.21. The molecule has 5 heteroatoms. The maximum atomic E-state index is 11.2. The fourth-order valence-corrected chi connectivity index (χ4v) is 2.82. The summed E-state index contributed by atoms with van der Waals surface area (Å²) >= 11 is 0. The molecule has 0 unspecified atom stereocenters. The van der Waals surface area contributed by atoms with Crippen LogP contribution in [-0.2, 0) is 6.42 Å². The van der Waals surface area contributed by atoms with Crippen molar-refractivity contribution in [2.24, 2.45) is 4.99 Å². The zero-order valence-corrected chi connectivity index (χ0v) is 15.4. The molecule has 0 amide bonds. The van der Waals surface area contributed by atoms with Gasteiger partial charge in [0, 0.05) is 11.1 Å². The Morgan fingerprint density at radius 3 is 2.39 bits per heavy atom. The number of carbonyl (C=O) groups is 1. The number of hydrogen-bond acceptors (Lipinski definition) is 4. The highest BCUT2D eigenvalue weighted by molar-refractivity contribution is 6.05. The monoisotopic (exact) mass is 374 g/mol. The molecule has 0 atom stereocenters. The molecule has 0 radical (unpaired) electrons. The molecule has 0 fully saturated rings. The standard InChI is InChI=1S/C23H22N2O3/c26-17-19-10-4-5-11-22(19)23(25-27)24-20-12-14-21(15-13-20)28-16-6-9-18-7-2-1-3-8-18/h1-5,7-8,10-15,17,27H,6,9,16H2,(H,24,25). The summed E-state index contributed by atoms with van der Waals surface area (Å²) in [6.45, 7) is 0.633. The van der Waals surface area contributed by atoms with Crippen LogP contribution < -0.4 is 10.2 Å². The predicted molar refractivity (Wildman–Crippen MR) is 110 cm³/mol. The highest BCUT2D eigenvalue weighted by Crippen LogP contribution is 2.20. The Morgan fingerprint density at radius 2 is 1.68 bits per heavy atom. The number of aliphatic imine (C=N–C) groups is 1. The van der Waals surface area contributed by atoms with E-state index in [1.807, 2.05) is 30.3 Å². The molecule has 28 heavy (non-hydrogen) atoms. The average Bonchev–Trinajstić information content (AvgIpc) is 2.76. The molecule has 0 aromatic heterocycles. The first kappa shape index (κ1) is 19.3. The van der Waals surface area contributed by atoms with Crippen LogP contribution in [0.25, 0.3) is 0 Å². The lowest BCUT2D eigenvalue weighted by Gasteiger charge is -2.09. The molecule has 0 saturated carbocycles. The van der Waals surface area contributed by atoms with E-state index < -0.39 is 0 Å². The third kappa shape index (κ3) is 5.28. The number of hydroxylamine groups is 1. The van der Waals surface area contributed by atoms with Crippen LogP contribution in [0.5, 0.6) is 5.75 Å². The topological polar surface area (TPSA) is 70.9 Å². The first-order valence-electron chi connectivity index (χ1n) is 9.10. The van der Waals surface area contributed by atoms with Crippen molar-refractivity contribution >= 4 is 17.8 Å². The largest absolute Gasteiger partial charge is 0.494 e. The van der Waals surface area contributed by atoms with Gasteiger partial charge < -0.3 is 4.74 Å². The van der Waals surface area contributed by atoms with E-state index in [0.29, 0.717) is 23.4 Å². The van der Waals surface area contributed by atoms with Crippen LogP contribution in [0.3, 0.4) is 0 Å². The zero-order valence-electron chi connectivity index (χ0n) is 15.4. The van der Waals surface area contributed by atoms with Crippen LogP contribution in [0, 0.1) is 0 Å². The summed E-state index contributed by atoms with van der Waals surface area (Å²) in [5, 5.41) is 9.43. The van der Waals surface area contributed by atoms with E-state index in [0.717, 1.165) is 24.9 Å². The quantitative estimate of drug-likeness (QED) is 0.199. The maximum absolute atomic E-state index is 11.2. The van der Waals surface area contributed by atoms with E-state index in [2.05, 4.69) is 22.6 Å². The van der Waals surface area contributed by atoms with Gasteiger partial charge in [-0.05, 0) is 42.7 Å². The normalized spacial score (nSPS) is 11.1. The second-order valence-electron chi connectivity index (χ2n) is 6.21. The third-order valence-electron chi connectivity index (χ3n) is 4.25. The van der Waals surface area contributed by atoms with Gasteiger partial charge in [-0.15, -0.1) is 0 Å². The van der Waals surface area contributed by atoms with Gasteiger partial charge in [0.2, 0.25) is 0 Å². The fraction of sp³-hybridized carbons (Fsp3) is 0.130. The van der Waals surface area contributed by atoms with Crippen molar-refractivity contribution in [3.8, 4) is 5.75 Å². The van der Waals surface area contributed by atoms with Crippen LogP contribution in [0.15, 0.2) is 83.9 Å². The van der Waals surface area contributed by atoms with Crippen LogP contribution in [0.2, 0.25) is 0 Å². The smallest absolute Gasteiger partial charge is 0.158 e. The van der Waals surface area contributed by atoms with Crippen molar-refractivity contribution in [1.29, 1.82) is 0 Å². The lowest BCUT2D eigenvalue weighted by atomic mass is 10.1. The van der Waals surface area contributed by atoms with Crippen LogP contribution in [-0.4, -0.2) is 23.9 Å². The molecule has 0 aliphatic carbocycles. The van der Waals surface area contributed by atoms with E-state index in [1.165, 1.54) is 5.56 Å². The molecule has 0 bridgehead atoms. The van der Waals surface area contributed by atoms with E-state index >= 15 is 0 Å². The summed E-state index contributed by atoms with van der Waals surface area (Å²) in [5.74, 6) is 0.970. The van der Waals surface area contributed by atoms with Crippen LogP contribution in [0.1, 0.15) is 27.9 Å². The van der Waals surface area contributed by atoms with Gasteiger partial charge in [-0.2, -0.15) is 0 Å². The molecular weight excluding hydrogens is 352 g/mol. The molecule has 3 aromatic rings. The molecule has 0 aliphatic heterocycles. The van der Waals surface area contributed by atoms with Crippen LogP contribution >= 0.6 is 0 Å². The Morgan fingerprint density at radius 1 is 0.964 bits per heavy atom. The van der Waals surface area contributed by atoms with Crippen molar-refractivity contribution in [1.82, 2.24) is 5.48 Å². The molecular formula is C23H22N2O3. The predicted octanol–water partition coefficient (Wildman–Crippen LogP) is 4.57. The number of hydrogen-bond donors (Lipinski definition) is 2. The van der Waals surface area contributed by atoms with Crippen molar-refractivity contribution in [2.45, 2.75) is 12.8 Å². The minimum Gasteiger partial charge on any atom is -0.494 e. The lowest BCUT2D eigenvalue weighted by molar-refractivity contribution is 0.112. The molecule has 3 aromatic carbocycles. The number of aldehydes is 1. The van der Waals surface area contributed by atoms with Gasteiger partial charge in [0.25, 0.3) is 0 Å². The number of aryl methyl sites for hydroxylation is 1. The summed E-state index contributed by atoms with van der Waals surface area (Å²) in [6, 6.07) is 24.5. The number of carbonyl (C=O) groups excluding carboxylic acids is 1. The number of nitrogens with zero attached hydrogens (tertiary/aromatic N) is 1. The van der Waals surface area contributed by atoms with E-state index in [-0.39, 0.29) is 5.84 Å². The maximum Gasteiger partial charge on any atom is 0.158 e. The number of nitrogens with one attached hydrogen (secondary N) is 1. The van der Waals surface area contributed by atoms with Gasteiger partial charge in [0.05, 0.1) is 12.3 Å². The Bertz CT molecular complexity index is 922. The second kappa shape index (κ2) is 10.0. The van der Waals surface area contributed by atoms with Crippen LogP contribution in [0.4, 0.5) is 5.69 Å². The highest BCUT2D eigenvalue weighted by Gasteiger charge is 2.08. The molecule has 3 rings (SSSR count). The Hall–Kier alpha value is -3.44. The van der Waals surface area contributed by atoms with Gasteiger partial charge in [0.1, 0.15) is 5.75 Å². The van der Waals surface area contributed by atoms with Crippen molar-refractivity contribution in [2.75, 3.05) is 6.61 Å². The van der Waals surface area contributed by atoms with Crippen molar-refractivity contribution in [3.05, 3.63) is 95.6 Å². The summed E-state index contributed by atoms with van der Waals surface area (Å²) in [6.07, 6.45) is 2.64. The molecule has 5 nitrogen and oxygen atoms in total. The van der Waals surface area contributed by atoms with E-state index in [1.54, 1.807) is 36.4 Å². The minimum absolute atomic E-state index is 0.208. The van der Waals surface area contributed by atoms with Crippen molar-refractivity contribution < 1.29 is 14.7 Å². The SMILES string of the molecule is O=Cc1ccccc1C(=Nc1ccc(OCCCc2ccccc2)cc1)NO. The lowest BCUT2D eigenvalue weighted by Crippen LogP contribution is -2.21. The summed E-state index contributed by atoms with van der Waals surface area (Å²) in [4.78, 5) is 15.6. The molecule has 0 aliphatic rings. The fourth-order valence-electron chi connectivity index (χ4n) is 2.82. The van der Waals surface area contributed by atoms with Gasteiger partial charge in [-0.25, -0.2) is 4.99 Å². The van der Waals surface area contributed by atoms with Crippen molar-refractivity contribution in [3.63, 3.8) is 0 Å². The molecule has 2 N–H and O–H groups in total. The molecule has 0 saturated heterocycles. The highest BCUT2D eigenvalue weighted by atomic mass is 16.5. The van der Waals surface area contributed by atoms with Gasteiger partial charge in [-0.1, -0.05) is 54.6 Å². The number of rotatable bonds is 8. The first-order valence-corrected chi connectivity index (χ1v) is 9.10. The van der Waals surface area contributed by atoms with Gasteiger partial charge in [0.15, 0.2) is 12.1 Å². The summed E-state index contributed by atoms with van der Waals surface area (Å²) in [5.41, 5.74) is 4.98. The third-order valence-corrected chi connectivity index (χ3v) is 4.25. The summed E-state index contributed by atoms with van der Waals surface area (Å²) in [7, 11) is 0.